The second-order valence-corrected chi connectivity index (χ2v) is 8.27. The third kappa shape index (κ3) is 4.36. The molecule has 1 unspecified atom stereocenters. The molecule has 1 atom stereocenters. The van der Waals surface area contributed by atoms with E-state index in [2.05, 4.69) is 11.6 Å². The number of hydrogen-bond donors (Lipinski definition) is 1. The van der Waals surface area contributed by atoms with Gasteiger partial charge < -0.3 is 19.3 Å². The minimum atomic E-state index is -0.671. The number of rotatable bonds is 9. The van der Waals surface area contributed by atoms with Crippen LogP contribution in [0.4, 0.5) is 0 Å². The van der Waals surface area contributed by atoms with Crippen molar-refractivity contribution >= 4 is 28.8 Å². The Labute approximate surface area is 189 Å². The van der Waals surface area contributed by atoms with Gasteiger partial charge in [0, 0.05) is 35.9 Å². The molecule has 0 spiro atoms. The van der Waals surface area contributed by atoms with Crippen LogP contribution in [0.1, 0.15) is 22.9 Å². The lowest BCUT2D eigenvalue weighted by Crippen LogP contribution is -2.31. The molecular formula is C24H23N3O4S. The number of imidazole rings is 1. The Bertz CT molecular complexity index is 1120. The van der Waals surface area contributed by atoms with E-state index in [9.17, 15) is 14.7 Å². The Morgan fingerprint density at radius 3 is 2.69 bits per heavy atom. The molecule has 0 bridgehead atoms. The summed E-state index contributed by atoms with van der Waals surface area (Å²) in [5.41, 5.74) is 0.564. The van der Waals surface area contributed by atoms with E-state index in [-0.39, 0.29) is 11.3 Å². The van der Waals surface area contributed by atoms with Crippen LogP contribution in [0.15, 0.2) is 78.7 Å². The van der Waals surface area contributed by atoms with E-state index in [1.54, 1.807) is 47.8 Å². The highest BCUT2D eigenvalue weighted by atomic mass is 32.1. The van der Waals surface area contributed by atoms with E-state index in [1.165, 1.54) is 11.3 Å². The molecule has 7 nitrogen and oxygen atoms in total. The van der Waals surface area contributed by atoms with Crippen molar-refractivity contribution in [1.82, 2.24) is 14.5 Å². The number of amides is 1. The zero-order valence-electron chi connectivity index (χ0n) is 17.4. The second-order valence-electron chi connectivity index (χ2n) is 7.29. The van der Waals surface area contributed by atoms with E-state index in [0.717, 1.165) is 4.88 Å². The number of ether oxygens (including phenoxy) is 1. The Balaban J connectivity index is 1.64. The van der Waals surface area contributed by atoms with Gasteiger partial charge in [0.2, 0.25) is 0 Å². The monoisotopic (exact) mass is 449 g/mol. The first-order valence-corrected chi connectivity index (χ1v) is 11.1. The highest BCUT2D eigenvalue weighted by Gasteiger charge is 2.46. The summed E-state index contributed by atoms with van der Waals surface area (Å²) in [5.74, 6) is -0.831. The number of likely N-dealkylation sites (tertiary alicyclic amines) is 1. The summed E-state index contributed by atoms with van der Waals surface area (Å²) >= 11 is 1.45. The second kappa shape index (κ2) is 9.65. The maximum atomic E-state index is 13.0. The quantitative estimate of drug-likeness (QED) is 0.231. The molecule has 164 valence electrons. The zero-order chi connectivity index (χ0) is 22.5. The molecule has 1 amide bonds. The normalized spacial score (nSPS) is 17.6. The number of carbonyl (C=O) groups excluding carboxylic acids is 2. The number of carbonyl (C=O) groups is 2. The molecule has 1 aliphatic rings. The van der Waals surface area contributed by atoms with Crippen LogP contribution < -0.4 is 4.74 Å². The van der Waals surface area contributed by atoms with Gasteiger partial charge in [-0.25, -0.2) is 4.98 Å². The van der Waals surface area contributed by atoms with Crippen LogP contribution in [0.5, 0.6) is 5.75 Å². The van der Waals surface area contributed by atoms with Gasteiger partial charge in [-0.1, -0.05) is 18.7 Å². The van der Waals surface area contributed by atoms with E-state index in [4.69, 9.17) is 4.74 Å². The lowest BCUT2D eigenvalue weighted by atomic mass is 10.00. The highest BCUT2D eigenvalue weighted by Crippen LogP contribution is 2.41. The lowest BCUT2D eigenvalue weighted by Gasteiger charge is -2.24. The number of aromatic nitrogens is 2. The summed E-state index contributed by atoms with van der Waals surface area (Å²) < 4.78 is 7.40. The predicted molar refractivity (Wildman–Crippen MR) is 122 cm³/mol. The molecule has 3 heterocycles. The van der Waals surface area contributed by atoms with Crippen LogP contribution >= 0.6 is 11.3 Å². The Kier molecular flexibility index (Phi) is 6.51. The first-order chi connectivity index (χ1) is 15.6. The smallest absolute Gasteiger partial charge is 0.295 e. The Morgan fingerprint density at radius 2 is 2.03 bits per heavy atom. The number of aliphatic hydroxyl groups is 1. The zero-order valence-corrected chi connectivity index (χ0v) is 18.2. The van der Waals surface area contributed by atoms with Crippen LogP contribution in [0.2, 0.25) is 0 Å². The molecule has 1 fully saturated rings. The van der Waals surface area contributed by atoms with Gasteiger partial charge in [0.1, 0.15) is 18.1 Å². The number of aryl methyl sites for hydroxylation is 1. The summed E-state index contributed by atoms with van der Waals surface area (Å²) in [5, 5.41) is 12.9. The van der Waals surface area contributed by atoms with E-state index in [0.29, 0.717) is 37.4 Å². The van der Waals surface area contributed by atoms with Crippen molar-refractivity contribution < 1.29 is 19.4 Å². The largest absolute Gasteiger partial charge is 0.507 e. The molecule has 1 saturated heterocycles. The minimum absolute atomic E-state index is 0.111. The number of Topliss-reactive ketones (excluding diaryl/α,β-unsaturated/α-hetero) is 1. The lowest BCUT2D eigenvalue weighted by molar-refractivity contribution is -0.139. The summed E-state index contributed by atoms with van der Waals surface area (Å²) in [7, 11) is 0. The fraction of sp³-hybridized carbons (Fsp3) is 0.208. The average molecular weight is 450 g/mol. The van der Waals surface area contributed by atoms with Crippen molar-refractivity contribution in [2.75, 3.05) is 13.2 Å². The number of thiophene rings is 1. The van der Waals surface area contributed by atoms with E-state index in [1.807, 2.05) is 28.3 Å². The summed E-state index contributed by atoms with van der Waals surface area (Å²) in [6.07, 6.45) is 7.57. The standard InChI is InChI=1S/C24H23N3O4S/c1-2-14-31-18-8-6-17(7-9-18)22(28)20-21(19-5-3-15-32-19)27(24(30)23(20)29)12-4-11-26-13-10-25-16-26/h2-3,5-10,13,15-16,21,28H,1,4,11-12,14H2. The van der Waals surface area contributed by atoms with Gasteiger partial charge in [-0.2, -0.15) is 0 Å². The maximum Gasteiger partial charge on any atom is 0.295 e. The van der Waals surface area contributed by atoms with Crippen LogP contribution in [0.3, 0.4) is 0 Å². The molecule has 8 heteroatoms. The third-order valence-corrected chi connectivity index (χ3v) is 6.15. The predicted octanol–water partition coefficient (Wildman–Crippen LogP) is 4.02. The third-order valence-electron chi connectivity index (χ3n) is 5.22. The molecule has 1 N–H and O–H groups in total. The first kappa shape index (κ1) is 21.6. The fourth-order valence-corrected chi connectivity index (χ4v) is 4.56. The van der Waals surface area contributed by atoms with Gasteiger partial charge in [0.25, 0.3) is 11.7 Å². The van der Waals surface area contributed by atoms with Crippen LogP contribution in [0, 0.1) is 0 Å². The van der Waals surface area contributed by atoms with Gasteiger partial charge in [0.05, 0.1) is 17.9 Å². The van der Waals surface area contributed by atoms with Crippen molar-refractivity contribution in [3.05, 3.63) is 89.2 Å². The molecule has 0 radical (unpaired) electrons. The van der Waals surface area contributed by atoms with Crippen molar-refractivity contribution in [3.63, 3.8) is 0 Å². The number of nitrogens with zero attached hydrogens (tertiary/aromatic N) is 3. The van der Waals surface area contributed by atoms with Gasteiger partial charge in [-0.15, -0.1) is 11.3 Å². The summed E-state index contributed by atoms with van der Waals surface area (Å²) in [6, 6.07) is 9.90. The van der Waals surface area contributed by atoms with Gasteiger partial charge >= 0.3 is 0 Å². The number of ketones is 1. The molecule has 0 saturated carbocycles. The number of aliphatic hydroxyl groups excluding tert-OH is 1. The van der Waals surface area contributed by atoms with Crippen molar-refractivity contribution in [2.24, 2.45) is 0 Å². The topological polar surface area (TPSA) is 84.7 Å². The Hall–Kier alpha value is -3.65. The molecule has 4 rings (SSSR count). The van der Waals surface area contributed by atoms with Crippen molar-refractivity contribution in [1.29, 1.82) is 0 Å². The van der Waals surface area contributed by atoms with Gasteiger partial charge in [0.15, 0.2) is 0 Å². The van der Waals surface area contributed by atoms with Gasteiger partial charge in [-0.05, 0) is 42.1 Å². The van der Waals surface area contributed by atoms with Crippen LogP contribution in [0.25, 0.3) is 5.76 Å². The summed E-state index contributed by atoms with van der Waals surface area (Å²) in [4.78, 5) is 32.3. The molecule has 3 aromatic rings. The highest BCUT2D eigenvalue weighted by molar-refractivity contribution is 7.10. The minimum Gasteiger partial charge on any atom is -0.507 e. The number of hydrogen-bond acceptors (Lipinski definition) is 6. The molecule has 2 aromatic heterocycles. The SMILES string of the molecule is C=CCOc1ccc(C(O)=C2C(=O)C(=O)N(CCCn3ccnc3)C2c2cccs2)cc1. The molecule has 1 aromatic carbocycles. The first-order valence-electron chi connectivity index (χ1n) is 10.2. The average Bonchev–Trinajstić information content (AvgIpc) is 3.56. The summed E-state index contributed by atoms with van der Waals surface area (Å²) in [6.45, 7) is 5.04. The molecule has 0 aliphatic carbocycles. The van der Waals surface area contributed by atoms with Crippen molar-refractivity contribution in [2.45, 2.75) is 19.0 Å². The van der Waals surface area contributed by atoms with Gasteiger partial charge in [-0.3, -0.25) is 9.59 Å². The molecule has 1 aliphatic heterocycles. The molecular weight excluding hydrogens is 426 g/mol. The maximum absolute atomic E-state index is 13.0. The molecule has 32 heavy (non-hydrogen) atoms. The fourth-order valence-electron chi connectivity index (χ4n) is 3.72. The van der Waals surface area contributed by atoms with Crippen LogP contribution in [-0.4, -0.2) is 44.4 Å². The van der Waals surface area contributed by atoms with Crippen molar-refractivity contribution in [3.8, 4) is 5.75 Å². The Morgan fingerprint density at radius 1 is 1.22 bits per heavy atom. The van der Waals surface area contributed by atoms with E-state index < -0.39 is 17.7 Å². The number of benzene rings is 1. The van der Waals surface area contributed by atoms with E-state index >= 15 is 0 Å². The van der Waals surface area contributed by atoms with Crippen LogP contribution in [-0.2, 0) is 16.1 Å².